The van der Waals surface area contributed by atoms with Crippen LogP contribution in [0.2, 0.25) is 0 Å². The van der Waals surface area contributed by atoms with E-state index < -0.39 is 0 Å². The maximum absolute atomic E-state index is 4.87. The van der Waals surface area contributed by atoms with Crippen molar-refractivity contribution in [3.8, 4) is 0 Å². The predicted molar refractivity (Wildman–Crippen MR) is 107 cm³/mol. The first-order valence-corrected chi connectivity index (χ1v) is 10.5. The molecule has 1 saturated heterocycles. The van der Waals surface area contributed by atoms with Gasteiger partial charge in [-0.2, -0.15) is 14.7 Å². The van der Waals surface area contributed by atoms with Crippen molar-refractivity contribution < 1.29 is 0 Å². The molecule has 0 spiro atoms. The SMILES string of the molecule is CC(C)(C)c1ccc2nnc(C3CCN(Cc4cnn5c4CCC5)CC3)n2n1. The quantitative estimate of drug-likeness (QED) is 0.700. The molecule has 0 radical (unpaired) electrons. The second kappa shape index (κ2) is 6.65. The minimum atomic E-state index is 0.0188. The molecule has 7 heteroatoms. The molecule has 5 heterocycles. The van der Waals surface area contributed by atoms with E-state index in [9.17, 15) is 0 Å². The molecule has 3 aromatic heterocycles. The van der Waals surface area contributed by atoms with E-state index in [4.69, 9.17) is 5.10 Å². The van der Waals surface area contributed by atoms with Gasteiger partial charge in [-0.25, -0.2) is 0 Å². The van der Waals surface area contributed by atoms with Crippen LogP contribution in [0.25, 0.3) is 5.65 Å². The summed E-state index contributed by atoms with van der Waals surface area (Å²) in [6.45, 7) is 10.9. The number of aromatic nitrogens is 6. The average molecular weight is 380 g/mol. The molecule has 7 nitrogen and oxygen atoms in total. The fourth-order valence-electron chi connectivity index (χ4n) is 4.51. The van der Waals surface area contributed by atoms with Crippen molar-refractivity contribution >= 4 is 5.65 Å². The van der Waals surface area contributed by atoms with Crippen molar-refractivity contribution in [1.29, 1.82) is 0 Å². The van der Waals surface area contributed by atoms with Gasteiger partial charge in [0, 0.05) is 35.7 Å². The molecule has 2 aliphatic rings. The number of fused-ring (bicyclic) bond motifs is 2. The molecule has 0 aliphatic carbocycles. The highest BCUT2D eigenvalue weighted by molar-refractivity contribution is 5.38. The van der Waals surface area contributed by atoms with Crippen LogP contribution in [0.3, 0.4) is 0 Å². The van der Waals surface area contributed by atoms with E-state index in [0.29, 0.717) is 5.92 Å². The van der Waals surface area contributed by atoms with Gasteiger partial charge in [-0.1, -0.05) is 20.8 Å². The molecule has 2 aliphatic heterocycles. The normalized spacial score (nSPS) is 18.8. The maximum Gasteiger partial charge on any atom is 0.177 e. The molecule has 5 rings (SSSR count). The number of aryl methyl sites for hydroxylation is 1. The number of rotatable bonds is 3. The number of nitrogens with zero attached hydrogens (tertiary/aromatic N) is 7. The minimum absolute atomic E-state index is 0.0188. The summed E-state index contributed by atoms with van der Waals surface area (Å²) in [5.41, 5.74) is 4.81. The van der Waals surface area contributed by atoms with Crippen LogP contribution >= 0.6 is 0 Å². The molecule has 148 valence electrons. The van der Waals surface area contributed by atoms with Crippen LogP contribution < -0.4 is 0 Å². The van der Waals surface area contributed by atoms with Crippen molar-refractivity contribution in [3.05, 3.63) is 41.1 Å². The number of hydrogen-bond acceptors (Lipinski definition) is 5. The van der Waals surface area contributed by atoms with E-state index in [1.165, 1.54) is 24.1 Å². The van der Waals surface area contributed by atoms with E-state index in [0.717, 1.165) is 56.2 Å². The zero-order valence-corrected chi connectivity index (χ0v) is 17.1. The van der Waals surface area contributed by atoms with Gasteiger partial charge in [0.25, 0.3) is 0 Å². The standard InChI is InChI=1S/C21H29N7/c1-21(2,3)18-6-7-19-23-24-20(28(19)25-18)15-8-11-26(12-9-15)14-16-13-22-27-10-4-5-17(16)27/h6-7,13,15H,4-5,8-12,14H2,1-3H3. The highest BCUT2D eigenvalue weighted by Crippen LogP contribution is 2.29. The fraction of sp³-hybridized carbons (Fsp3) is 0.619. The van der Waals surface area contributed by atoms with E-state index in [1.54, 1.807) is 0 Å². The van der Waals surface area contributed by atoms with Gasteiger partial charge in [0.2, 0.25) is 0 Å². The molecule has 3 aromatic rings. The fourth-order valence-corrected chi connectivity index (χ4v) is 4.51. The summed E-state index contributed by atoms with van der Waals surface area (Å²) in [5.74, 6) is 1.44. The molecule has 0 N–H and O–H groups in total. The van der Waals surface area contributed by atoms with Crippen LogP contribution in [0.5, 0.6) is 0 Å². The van der Waals surface area contributed by atoms with Crippen LogP contribution in [-0.4, -0.2) is 47.6 Å². The Bertz CT molecular complexity index is 986. The van der Waals surface area contributed by atoms with E-state index >= 15 is 0 Å². The van der Waals surface area contributed by atoms with Gasteiger partial charge in [-0.05, 0) is 50.9 Å². The molecule has 1 fully saturated rings. The van der Waals surface area contributed by atoms with Gasteiger partial charge in [-0.3, -0.25) is 9.58 Å². The Hall–Kier alpha value is -2.28. The number of hydrogen-bond donors (Lipinski definition) is 0. The zero-order valence-electron chi connectivity index (χ0n) is 17.1. The van der Waals surface area contributed by atoms with Crippen LogP contribution in [0.15, 0.2) is 18.3 Å². The summed E-state index contributed by atoms with van der Waals surface area (Å²) in [6, 6.07) is 4.11. The number of likely N-dealkylation sites (tertiary alicyclic amines) is 1. The largest absolute Gasteiger partial charge is 0.299 e. The topological polar surface area (TPSA) is 64.1 Å². The first-order valence-electron chi connectivity index (χ1n) is 10.5. The van der Waals surface area contributed by atoms with Crippen LogP contribution in [-0.2, 0) is 24.9 Å². The van der Waals surface area contributed by atoms with E-state index in [2.05, 4.69) is 57.9 Å². The number of piperidine rings is 1. The highest BCUT2D eigenvalue weighted by Gasteiger charge is 2.27. The second-order valence-electron chi connectivity index (χ2n) is 9.29. The Labute approximate surface area is 165 Å². The van der Waals surface area contributed by atoms with Gasteiger partial charge >= 0.3 is 0 Å². The smallest absolute Gasteiger partial charge is 0.177 e. The maximum atomic E-state index is 4.87. The highest BCUT2D eigenvalue weighted by atomic mass is 15.4. The Balaban J connectivity index is 1.30. The molecule has 0 amide bonds. The lowest BCUT2D eigenvalue weighted by Crippen LogP contribution is -2.33. The van der Waals surface area contributed by atoms with E-state index in [1.807, 2.05) is 10.6 Å². The van der Waals surface area contributed by atoms with Crippen LogP contribution in [0, 0.1) is 0 Å². The second-order valence-corrected chi connectivity index (χ2v) is 9.29. The monoisotopic (exact) mass is 379 g/mol. The van der Waals surface area contributed by atoms with Crippen molar-refractivity contribution in [2.24, 2.45) is 0 Å². The molecular formula is C21H29N7. The third-order valence-corrected chi connectivity index (χ3v) is 6.22. The lowest BCUT2D eigenvalue weighted by molar-refractivity contribution is 0.200. The molecule has 0 saturated carbocycles. The van der Waals surface area contributed by atoms with Crippen molar-refractivity contribution in [1.82, 2.24) is 34.5 Å². The minimum Gasteiger partial charge on any atom is -0.299 e. The molecular weight excluding hydrogens is 350 g/mol. The zero-order chi connectivity index (χ0) is 19.3. The first-order chi connectivity index (χ1) is 13.5. The molecule has 28 heavy (non-hydrogen) atoms. The van der Waals surface area contributed by atoms with E-state index in [-0.39, 0.29) is 5.41 Å². The summed E-state index contributed by atoms with van der Waals surface area (Å²) >= 11 is 0. The summed E-state index contributed by atoms with van der Waals surface area (Å²) in [4.78, 5) is 2.56. The molecule has 0 aromatic carbocycles. The lowest BCUT2D eigenvalue weighted by Gasteiger charge is -2.31. The molecule has 0 atom stereocenters. The van der Waals surface area contributed by atoms with Crippen LogP contribution in [0.4, 0.5) is 0 Å². The van der Waals surface area contributed by atoms with Crippen LogP contribution in [0.1, 0.15) is 68.7 Å². The summed E-state index contributed by atoms with van der Waals surface area (Å²) < 4.78 is 4.16. The Morgan fingerprint density at radius 3 is 2.68 bits per heavy atom. The predicted octanol–water partition coefficient (Wildman–Crippen LogP) is 2.94. The summed E-state index contributed by atoms with van der Waals surface area (Å²) in [5, 5.41) is 18.3. The molecule has 0 bridgehead atoms. The Morgan fingerprint density at radius 1 is 1.07 bits per heavy atom. The van der Waals surface area contributed by atoms with Crippen molar-refractivity contribution in [3.63, 3.8) is 0 Å². The summed E-state index contributed by atoms with van der Waals surface area (Å²) in [7, 11) is 0. The molecule has 0 unspecified atom stereocenters. The van der Waals surface area contributed by atoms with Crippen molar-refractivity contribution in [2.75, 3.05) is 13.1 Å². The third kappa shape index (κ3) is 3.11. The third-order valence-electron chi connectivity index (χ3n) is 6.22. The van der Waals surface area contributed by atoms with Gasteiger partial charge in [-0.15, -0.1) is 10.2 Å². The Morgan fingerprint density at radius 2 is 1.89 bits per heavy atom. The average Bonchev–Trinajstić information content (AvgIpc) is 3.38. The van der Waals surface area contributed by atoms with Gasteiger partial charge in [0.1, 0.15) is 0 Å². The van der Waals surface area contributed by atoms with Crippen molar-refractivity contribution in [2.45, 2.75) is 70.9 Å². The van der Waals surface area contributed by atoms with Gasteiger partial charge in [0.05, 0.1) is 11.9 Å². The van der Waals surface area contributed by atoms with Gasteiger partial charge in [0.15, 0.2) is 11.5 Å². The summed E-state index contributed by atoms with van der Waals surface area (Å²) in [6.07, 6.45) is 6.70. The first kappa shape index (κ1) is 17.8. The van der Waals surface area contributed by atoms with Gasteiger partial charge < -0.3 is 0 Å². The Kier molecular flexibility index (Phi) is 4.23. The lowest BCUT2D eigenvalue weighted by atomic mass is 9.92.